The summed E-state index contributed by atoms with van der Waals surface area (Å²) in [5.41, 5.74) is -0.555. The van der Waals surface area contributed by atoms with E-state index in [1.54, 1.807) is 0 Å². The summed E-state index contributed by atoms with van der Waals surface area (Å²) in [6.07, 6.45) is 2.64. The first-order valence-corrected chi connectivity index (χ1v) is 13.2. The average molecular weight is 463 g/mol. The van der Waals surface area contributed by atoms with E-state index in [0.717, 1.165) is 32.1 Å². The molecule has 0 aromatic heterocycles. The normalized spacial score (nSPS) is 31.9. The molecule has 0 aromatic rings. The molecule has 0 amide bonds. The number of rotatable bonds is 10. The number of aliphatic hydroxyl groups excluding tert-OH is 1. The summed E-state index contributed by atoms with van der Waals surface area (Å²) in [5.74, 6) is -0.793. The number of fused-ring (bicyclic) bond motifs is 1. The van der Waals surface area contributed by atoms with Crippen molar-refractivity contribution in [3.63, 3.8) is 0 Å². The number of ether oxygens (including phenoxy) is 1. The van der Waals surface area contributed by atoms with E-state index in [0.29, 0.717) is 12.3 Å². The van der Waals surface area contributed by atoms with E-state index >= 15 is 0 Å². The number of carbonyl (C=O) groups is 2. The molecule has 0 radical (unpaired) electrons. The Morgan fingerprint density at radius 1 is 1.19 bits per heavy atom. The molecule has 2 fully saturated rings. The van der Waals surface area contributed by atoms with Crippen LogP contribution in [0.2, 0.25) is 0 Å². The van der Waals surface area contributed by atoms with Crippen molar-refractivity contribution in [3.8, 4) is 0 Å². The van der Waals surface area contributed by atoms with Crippen molar-refractivity contribution in [1.29, 1.82) is 0 Å². The van der Waals surface area contributed by atoms with E-state index < -0.39 is 37.7 Å². The lowest BCUT2D eigenvalue weighted by atomic mass is 9.61. The van der Waals surface area contributed by atoms with Crippen molar-refractivity contribution in [2.45, 2.75) is 84.8 Å². The van der Waals surface area contributed by atoms with Crippen LogP contribution in [0, 0.1) is 29.1 Å². The largest absolute Gasteiger partial charge is 0.481 e. The van der Waals surface area contributed by atoms with Crippen molar-refractivity contribution in [1.82, 2.24) is 0 Å². The molecule has 2 aliphatic carbocycles. The van der Waals surface area contributed by atoms with Gasteiger partial charge in [0.05, 0.1) is 30.7 Å². The first-order valence-electron chi connectivity index (χ1n) is 11.4. The lowest BCUT2D eigenvalue weighted by molar-refractivity contribution is -0.171. The van der Waals surface area contributed by atoms with Crippen LogP contribution < -0.4 is 0 Å². The summed E-state index contributed by atoms with van der Waals surface area (Å²) >= 11 is 0. The van der Waals surface area contributed by atoms with E-state index in [9.17, 15) is 24.2 Å². The van der Waals surface area contributed by atoms with Crippen molar-refractivity contribution >= 4 is 19.5 Å². The highest BCUT2D eigenvalue weighted by atomic mass is 31.2. The van der Waals surface area contributed by atoms with Gasteiger partial charge >= 0.3 is 19.5 Å². The maximum atomic E-state index is 12.7. The molecular weight excluding hydrogens is 423 g/mol. The number of hydrogen-bond donors (Lipinski definition) is 3. The molecule has 9 heteroatoms. The maximum Gasteiger partial charge on any atom is 0.330 e. The van der Waals surface area contributed by atoms with E-state index in [1.807, 2.05) is 20.8 Å². The predicted octanol–water partition coefficient (Wildman–Crippen LogP) is 3.83. The van der Waals surface area contributed by atoms with Crippen LogP contribution in [0.1, 0.15) is 72.6 Å². The fourth-order valence-electron chi connectivity index (χ4n) is 4.94. The Labute approximate surface area is 185 Å². The standard InChI is InChI=1S/C22H39O8P/c1-5-22(3,4)21(26)30-18-8-6-7-15-10-9-14(2)17(20(15)18)12-29-31(27,28)13-16(23)11-19(24)25/h14-18,20,23H,5-13H2,1-4H3,(H,24,25)(H,27,28)/t14-,15+,16-,17-,18-,20-/m0/s1. The van der Waals surface area contributed by atoms with E-state index in [4.69, 9.17) is 14.4 Å². The second-order valence-electron chi connectivity index (χ2n) is 10.0. The zero-order valence-electron chi connectivity index (χ0n) is 19.2. The number of hydrogen-bond acceptors (Lipinski definition) is 6. The Balaban J connectivity index is 2.10. The second-order valence-corrected chi connectivity index (χ2v) is 11.9. The minimum Gasteiger partial charge on any atom is -0.481 e. The van der Waals surface area contributed by atoms with Crippen LogP contribution >= 0.6 is 7.60 Å². The summed E-state index contributed by atoms with van der Waals surface area (Å²) in [7, 11) is -4.15. The molecule has 31 heavy (non-hydrogen) atoms. The van der Waals surface area contributed by atoms with Gasteiger partial charge in [-0.3, -0.25) is 14.2 Å². The van der Waals surface area contributed by atoms with Crippen molar-refractivity contribution in [3.05, 3.63) is 0 Å². The monoisotopic (exact) mass is 462 g/mol. The van der Waals surface area contributed by atoms with Crippen molar-refractivity contribution < 1.29 is 38.5 Å². The first kappa shape index (κ1) is 26.3. The molecule has 0 saturated heterocycles. The number of aliphatic hydroxyl groups is 1. The second kappa shape index (κ2) is 10.8. The number of carboxylic acid groups (broad SMARTS) is 1. The molecule has 0 bridgehead atoms. The van der Waals surface area contributed by atoms with Gasteiger partial charge in [-0.1, -0.05) is 20.3 Å². The van der Waals surface area contributed by atoms with Gasteiger partial charge in [0, 0.05) is 5.92 Å². The zero-order chi connectivity index (χ0) is 23.4. The molecule has 2 rings (SSSR count). The van der Waals surface area contributed by atoms with Crippen LogP contribution in [0.4, 0.5) is 0 Å². The van der Waals surface area contributed by atoms with E-state index in [-0.39, 0.29) is 36.4 Å². The quantitative estimate of drug-likeness (QED) is 0.330. The SMILES string of the molecule is CCC(C)(C)C(=O)O[C@H]1CCC[C@@H]2CC[C@H](C)[C@H](COP(=O)(O)C[C@@H](O)CC(=O)O)[C@H]21. The Kier molecular flexibility index (Phi) is 9.15. The van der Waals surface area contributed by atoms with Gasteiger partial charge in [0.2, 0.25) is 0 Å². The molecule has 180 valence electrons. The zero-order valence-corrected chi connectivity index (χ0v) is 20.1. The Morgan fingerprint density at radius 2 is 1.87 bits per heavy atom. The summed E-state index contributed by atoms with van der Waals surface area (Å²) in [6, 6.07) is 0. The maximum absolute atomic E-state index is 12.7. The topological polar surface area (TPSA) is 130 Å². The predicted molar refractivity (Wildman–Crippen MR) is 116 cm³/mol. The van der Waals surface area contributed by atoms with Crippen LogP contribution in [0.15, 0.2) is 0 Å². The lowest BCUT2D eigenvalue weighted by Crippen LogP contribution is -2.47. The molecule has 0 aliphatic heterocycles. The van der Waals surface area contributed by atoms with Gasteiger partial charge in [0.1, 0.15) is 6.10 Å². The Morgan fingerprint density at radius 3 is 2.48 bits per heavy atom. The first-order chi connectivity index (χ1) is 14.4. The molecule has 7 atom stereocenters. The summed E-state index contributed by atoms with van der Waals surface area (Å²) < 4.78 is 23.8. The number of esters is 1. The third kappa shape index (κ3) is 7.28. The molecule has 0 spiro atoms. The van der Waals surface area contributed by atoms with Crippen LogP contribution in [-0.4, -0.2) is 52.0 Å². The molecule has 1 unspecified atom stereocenters. The number of carboxylic acids is 1. The van der Waals surface area contributed by atoms with Crippen molar-refractivity contribution in [2.75, 3.05) is 12.8 Å². The van der Waals surface area contributed by atoms with Crippen LogP contribution in [0.3, 0.4) is 0 Å². The molecule has 0 aromatic carbocycles. The molecule has 8 nitrogen and oxygen atoms in total. The Bertz CT molecular complexity index is 678. The minimum absolute atomic E-state index is 0.0289. The minimum atomic E-state index is -4.15. The fourth-order valence-corrected chi connectivity index (χ4v) is 6.12. The number of carbonyl (C=O) groups excluding carboxylic acids is 1. The third-order valence-corrected chi connectivity index (χ3v) is 8.71. The van der Waals surface area contributed by atoms with Crippen molar-refractivity contribution in [2.24, 2.45) is 29.1 Å². The average Bonchev–Trinajstić information content (AvgIpc) is 2.66. The smallest absolute Gasteiger partial charge is 0.330 e. The van der Waals surface area contributed by atoms with Gasteiger partial charge in [0.15, 0.2) is 0 Å². The van der Waals surface area contributed by atoms with Gasteiger partial charge in [-0.25, -0.2) is 0 Å². The molecule has 2 saturated carbocycles. The lowest BCUT2D eigenvalue weighted by Gasteiger charge is -2.48. The fraction of sp³-hybridized carbons (Fsp3) is 0.909. The van der Waals surface area contributed by atoms with E-state index in [1.165, 1.54) is 0 Å². The summed E-state index contributed by atoms with van der Waals surface area (Å²) in [5, 5.41) is 18.5. The van der Waals surface area contributed by atoms with Gasteiger partial charge in [-0.05, 0) is 63.7 Å². The Hall–Kier alpha value is -0.950. The van der Waals surface area contributed by atoms with Gasteiger partial charge in [0.25, 0.3) is 0 Å². The van der Waals surface area contributed by atoms with Crippen LogP contribution in [0.25, 0.3) is 0 Å². The highest BCUT2D eigenvalue weighted by molar-refractivity contribution is 7.52. The third-order valence-electron chi connectivity index (χ3n) is 7.27. The summed E-state index contributed by atoms with van der Waals surface area (Å²) in [4.78, 5) is 33.6. The highest BCUT2D eigenvalue weighted by Gasteiger charge is 2.47. The van der Waals surface area contributed by atoms with Gasteiger partial charge < -0.3 is 24.4 Å². The van der Waals surface area contributed by atoms with E-state index in [2.05, 4.69) is 6.92 Å². The van der Waals surface area contributed by atoms with Gasteiger partial charge in [-0.2, -0.15) is 0 Å². The molecule has 3 N–H and O–H groups in total. The molecular formula is C22H39O8P. The molecule has 0 heterocycles. The van der Waals surface area contributed by atoms with Gasteiger partial charge in [-0.15, -0.1) is 0 Å². The van der Waals surface area contributed by atoms with Crippen LogP contribution in [-0.2, 0) is 23.4 Å². The number of aliphatic carboxylic acids is 1. The molecule has 2 aliphatic rings. The highest BCUT2D eigenvalue weighted by Crippen LogP contribution is 2.50. The summed E-state index contributed by atoms with van der Waals surface area (Å²) in [6.45, 7) is 7.84. The van der Waals surface area contributed by atoms with Crippen LogP contribution in [0.5, 0.6) is 0 Å².